The Balaban J connectivity index is 1.34. The first-order chi connectivity index (χ1) is 16.8. The Labute approximate surface area is 200 Å². The summed E-state index contributed by atoms with van der Waals surface area (Å²) in [6, 6.07) is 0. The summed E-state index contributed by atoms with van der Waals surface area (Å²) in [6.07, 6.45) is -10.1. The van der Waals surface area contributed by atoms with E-state index in [4.69, 9.17) is 15.2 Å². The molecule has 9 N–H and O–H groups in total. The van der Waals surface area contributed by atoms with Gasteiger partial charge in [-0.25, -0.2) is 24.1 Å². The van der Waals surface area contributed by atoms with Crippen LogP contribution in [0, 0.1) is 0 Å². The molecule has 0 aromatic carbocycles. The third kappa shape index (κ3) is 5.59. The van der Waals surface area contributed by atoms with Crippen LogP contribution in [-0.2, 0) is 32.0 Å². The Morgan fingerprint density at radius 1 is 0.889 bits per heavy atom. The maximum Gasteiger partial charge on any atom is 0.481 e. The second-order valence-corrected chi connectivity index (χ2v) is 10.8. The van der Waals surface area contributed by atoms with E-state index in [9.17, 15) is 44.4 Å². The summed E-state index contributed by atoms with van der Waals surface area (Å²) in [6.45, 7) is -1.79. The van der Waals surface area contributed by atoms with E-state index >= 15 is 0 Å². The Bertz CT molecular complexity index is 1180. The van der Waals surface area contributed by atoms with Crippen molar-refractivity contribution in [2.75, 3.05) is 18.9 Å². The quantitative estimate of drug-likeness (QED) is 0.140. The zero-order valence-electron chi connectivity index (χ0n) is 17.9. The van der Waals surface area contributed by atoms with E-state index in [1.807, 2.05) is 0 Å². The number of anilines is 1. The van der Waals surface area contributed by atoms with Crippen LogP contribution in [0.4, 0.5) is 5.82 Å². The van der Waals surface area contributed by atoms with Crippen LogP contribution in [0.2, 0.25) is 0 Å². The molecule has 21 heteroatoms. The summed E-state index contributed by atoms with van der Waals surface area (Å²) in [7, 11) is -10.6. The lowest BCUT2D eigenvalue weighted by Gasteiger charge is -2.20. The fourth-order valence-electron chi connectivity index (χ4n) is 3.53. The topological polar surface area (TPSA) is 292 Å². The average Bonchev–Trinajstić information content (AvgIpc) is 3.42. The van der Waals surface area contributed by atoms with E-state index in [2.05, 4.69) is 28.3 Å². The molecule has 2 aliphatic rings. The number of aliphatic hydroxyl groups is 5. The van der Waals surface area contributed by atoms with Gasteiger partial charge in [0, 0.05) is 0 Å². The van der Waals surface area contributed by atoms with Crippen LogP contribution in [0.15, 0.2) is 12.7 Å². The van der Waals surface area contributed by atoms with Gasteiger partial charge in [0.15, 0.2) is 24.0 Å². The van der Waals surface area contributed by atoms with Gasteiger partial charge >= 0.3 is 15.6 Å². The molecule has 3 unspecified atom stereocenters. The lowest BCUT2D eigenvalue weighted by Crippen LogP contribution is -2.34. The highest BCUT2D eigenvalue weighted by Gasteiger charge is 2.47. The number of hydrogen-bond donors (Lipinski definition) is 8. The predicted octanol–water partition coefficient (Wildman–Crippen LogP) is -3.28. The molecule has 19 nitrogen and oxygen atoms in total. The summed E-state index contributed by atoms with van der Waals surface area (Å²) >= 11 is 0. The van der Waals surface area contributed by atoms with E-state index in [1.165, 1.54) is 10.9 Å². The number of aromatic nitrogens is 4. The number of aliphatic hydroxyl groups excluding tert-OH is 5. The van der Waals surface area contributed by atoms with Gasteiger partial charge in [-0.1, -0.05) is 0 Å². The van der Waals surface area contributed by atoms with Crippen LogP contribution in [0.3, 0.4) is 0 Å². The van der Waals surface area contributed by atoms with E-state index < -0.39 is 78.0 Å². The van der Waals surface area contributed by atoms with Gasteiger partial charge in [0.2, 0.25) is 0 Å². The standard InChI is InChI=1S/C15H23N5O14P2/c16-12-7-13(18-3-17-12)20(4-19-7)14-10(23)8(21)5(32-14)1-30-35(26,27)34-36(28,29)31-2-6-9(22)11(24)15(25)33-6/h3-6,8-11,14-15,21-25H,1-2H2,(H,26,27)(H,28,29)(H2,16,17,18)/t5-,6-,8-,9-,10-,11-,14?,15+/m1/s1. The van der Waals surface area contributed by atoms with Gasteiger partial charge in [0.1, 0.15) is 48.5 Å². The van der Waals surface area contributed by atoms with E-state index in [-0.39, 0.29) is 17.0 Å². The highest BCUT2D eigenvalue weighted by Crippen LogP contribution is 2.60. The van der Waals surface area contributed by atoms with Gasteiger partial charge in [-0.05, 0) is 0 Å². The first-order valence-electron chi connectivity index (χ1n) is 10.1. The summed E-state index contributed by atoms with van der Waals surface area (Å²) in [5.74, 6) is 0.0575. The monoisotopic (exact) mass is 559 g/mol. The normalized spacial score (nSPS) is 36.2. The number of fused-ring (bicyclic) bond motifs is 1. The van der Waals surface area contributed by atoms with Crippen molar-refractivity contribution in [2.45, 2.75) is 49.1 Å². The molecule has 202 valence electrons. The number of nitrogens with zero attached hydrogens (tertiary/aromatic N) is 4. The molecule has 0 radical (unpaired) electrons. The van der Waals surface area contributed by atoms with Gasteiger partial charge in [-0.3, -0.25) is 13.6 Å². The molecule has 36 heavy (non-hydrogen) atoms. The zero-order valence-corrected chi connectivity index (χ0v) is 19.7. The lowest BCUT2D eigenvalue weighted by molar-refractivity contribution is -0.132. The molecule has 2 aromatic heterocycles. The molecular formula is C15H23N5O14P2. The van der Waals surface area contributed by atoms with E-state index in [0.717, 1.165) is 6.33 Å². The molecule has 0 bridgehead atoms. The third-order valence-electron chi connectivity index (χ3n) is 5.35. The summed E-state index contributed by atoms with van der Waals surface area (Å²) in [5.41, 5.74) is 6.09. The fourth-order valence-corrected chi connectivity index (χ4v) is 5.62. The lowest BCUT2D eigenvalue weighted by atomic mass is 10.1. The van der Waals surface area contributed by atoms with E-state index in [0.29, 0.717) is 0 Å². The molecule has 0 spiro atoms. The molecule has 0 saturated carbocycles. The number of rotatable bonds is 9. The zero-order chi connectivity index (χ0) is 26.4. The first-order valence-corrected chi connectivity index (χ1v) is 13.1. The molecule has 10 atom stereocenters. The fraction of sp³-hybridized carbons (Fsp3) is 0.667. The number of ether oxygens (including phenoxy) is 2. The van der Waals surface area contributed by atoms with Crippen molar-refractivity contribution in [2.24, 2.45) is 0 Å². The van der Waals surface area contributed by atoms with Crippen LogP contribution in [0.25, 0.3) is 11.2 Å². The minimum atomic E-state index is -5.31. The molecule has 2 aromatic rings. The van der Waals surface area contributed by atoms with Gasteiger partial charge in [-0.2, -0.15) is 4.31 Å². The number of nitrogens with two attached hydrogens (primary N) is 1. The molecule has 2 fully saturated rings. The summed E-state index contributed by atoms with van der Waals surface area (Å²) < 4.78 is 48.8. The molecule has 4 heterocycles. The Morgan fingerprint density at radius 3 is 2.06 bits per heavy atom. The van der Waals surface area contributed by atoms with Crippen LogP contribution < -0.4 is 5.73 Å². The Hall–Kier alpha value is -1.67. The maximum absolute atomic E-state index is 12.2. The maximum atomic E-state index is 12.2. The Kier molecular flexibility index (Phi) is 7.78. The van der Waals surface area contributed by atoms with Gasteiger partial charge < -0.3 is 50.5 Å². The van der Waals surface area contributed by atoms with E-state index in [1.54, 1.807) is 0 Å². The van der Waals surface area contributed by atoms with Crippen molar-refractivity contribution < 1.29 is 67.3 Å². The predicted molar refractivity (Wildman–Crippen MR) is 111 cm³/mol. The van der Waals surface area contributed by atoms with Crippen LogP contribution >= 0.6 is 15.6 Å². The molecular weight excluding hydrogens is 536 g/mol. The first kappa shape index (κ1) is 27.4. The number of imidazole rings is 1. The minimum absolute atomic E-state index is 0.0575. The number of hydrogen-bond acceptors (Lipinski definition) is 16. The van der Waals surface area contributed by atoms with Crippen molar-refractivity contribution in [3.05, 3.63) is 12.7 Å². The van der Waals surface area contributed by atoms with Crippen molar-refractivity contribution in [3.63, 3.8) is 0 Å². The second-order valence-electron chi connectivity index (χ2n) is 7.79. The number of nitrogen functional groups attached to an aromatic ring is 1. The molecule has 0 aliphatic carbocycles. The van der Waals surface area contributed by atoms with Crippen molar-refractivity contribution >= 4 is 32.6 Å². The largest absolute Gasteiger partial charge is 0.481 e. The molecule has 0 amide bonds. The van der Waals surface area contributed by atoms with Gasteiger partial charge in [-0.15, -0.1) is 0 Å². The van der Waals surface area contributed by atoms with Crippen LogP contribution in [-0.4, -0.2) is 111 Å². The smallest absolute Gasteiger partial charge is 0.387 e. The van der Waals surface area contributed by atoms with Crippen molar-refractivity contribution in [1.82, 2.24) is 19.5 Å². The van der Waals surface area contributed by atoms with Crippen molar-refractivity contribution in [3.8, 4) is 0 Å². The average molecular weight is 559 g/mol. The Morgan fingerprint density at radius 2 is 1.47 bits per heavy atom. The number of phosphoric ester groups is 2. The van der Waals surface area contributed by atoms with Crippen LogP contribution in [0.5, 0.6) is 0 Å². The molecule has 4 rings (SSSR count). The molecule has 2 saturated heterocycles. The second kappa shape index (κ2) is 10.2. The summed E-state index contributed by atoms with van der Waals surface area (Å²) in [5, 5.41) is 49.0. The number of phosphoric acid groups is 2. The van der Waals surface area contributed by atoms with Crippen molar-refractivity contribution in [1.29, 1.82) is 0 Å². The van der Waals surface area contributed by atoms with Crippen LogP contribution in [0.1, 0.15) is 6.23 Å². The summed E-state index contributed by atoms with van der Waals surface area (Å²) in [4.78, 5) is 31.3. The minimum Gasteiger partial charge on any atom is -0.387 e. The van der Waals surface area contributed by atoms with Gasteiger partial charge in [0.25, 0.3) is 0 Å². The van der Waals surface area contributed by atoms with Gasteiger partial charge in [0.05, 0.1) is 19.5 Å². The molecule has 2 aliphatic heterocycles. The highest BCUT2D eigenvalue weighted by atomic mass is 31.3. The third-order valence-corrected chi connectivity index (χ3v) is 7.95. The highest BCUT2D eigenvalue weighted by molar-refractivity contribution is 7.61. The SMILES string of the molecule is Nc1ncnc2c1ncn2C1O[C@H](COP(=O)(O)OP(=O)(O)OC[C@H]2O[C@H](O)[C@H](O)[C@@H]2O)[C@@H](O)[C@H]1O.